The summed E-state index contributed by atoms with van der Waals surface area (Å²) in [6.45, 7) is 0.466. The Morgan fingerprint density at radius 2 is 1.75 bits per heavy atom. The van der Waals surface area contributed by atoms with Crippen molar-refractivity contribution in [2.24, 2.45) is 5.73 Å². The molecule has 0 unspecified atom stereocenters. The molecule has 0 spiro atoms. The van der Waals surface area contributed by atoms with E-state index in [4.69, 9.17) is 5.73 Å². The summed E-state index contributed by atoms with van der Waals surface area (Å²) in [5.41, 5.74) is 6.72. The molecule has 1 rings (SSSR count). The minimum atomic E-state index is -0.388. The molecule has 0 fully saturated rings. The summed E-state index contributed by atoms with van der Waals surface area (Å²) in [6, 6.07) is 10.1. The Bertz CT molecular complexity index is 234. The molecule has 1 aromatic rings. The number of hydrogen-bond donors (Lipinski definition) is 3. The molecule has 3 heteroatoms. The standard InChI is InChI=1S/C9H13NS2/c10-7-9(11,12)6-8-4-2-1-3-5-8/h1-5,11-12H,6-7,10H2. The van der Waals surface area contributed by atoms with E-state index in [0.717, 1.165) is 6.42 Å². The highest BCUT2D eigenvalue weighted by Gasteiger charge is 2.17. The van der Waals surface area contributed by atoms with Gasteiger partial charge in [-0.3, -0.25) is 0 Å². The smallest absolute Gasteiger partial charge is 0.0713 e. The Balaban J connectivity index is 2.64. The van der Waals surface area contributed by atoms with E-state index < -0.39 is 0 Å². The second kappa shape index (κ2) is 4.21. The molecule has 1 aromatic carbocycles. The van der Waals surface area contributed by atoms with Gasteiger partial charge in [0.25, 0.3) is 0 Å². The van der Waals surface area contributed by atoms with Crippen molar-refractivity contribution in [3.05, 3.63) is 35.9 Å². The van der Waals surface area contributed by atoms with Crippen molar-refractivity contribution in [2.75, 3.05) is 6.54 Å². The summed E-state index contributed by atoms with van der Waals surface area (Å²) in [5.74, 6) is 0. The Morgan fingerprint density at radius 1 is 1.17 bits per heavy atom. The number of benzene rings is 1. The van der Waals surface area contributed by atoms with Crippen LogP contribution in [0.1, 0.15) is 5.56 Å². The molecule has 0 amide bonds. The Morgan fingerprint density at radius 3 is 2.25 bits per heavy atom. The molecule has 0 radical (unpaired) electrons. The van der Waals surface area contributed by atoms with Crippen LogP contribution in [0.25, 0.3) is 0 Å². The largest absolute Gasteiger partial charge is 0.328 e. The summed E-state index contributed by atoms with van der Waals surface area (Å²) in [6.07, 6.45) is 0.788. The van der Waals surface area contributed by atoms with Gasteiger partial charge in [0.2, 0.25) is 0 Å². The normalized spacial score (nSPS) is 11.6. The van der Waals surface area contributed by atoms with Gasteiger partial charge in [0, 0.05) is 6.54 Å². The first-order chi connectivity index (χ1) is 5.64. The van der Waals surface area contributed by atoms with Gasteiger partial charge in [-0.2, -0.15) is 25.3 Å². The van der Waals surface area contributed by atoms with Crippen molar-refractivity contribution >= 4 is 25.3 Å². The van der Waals surface area contributed by atoms with Crippen molar-refractivity contribution < 1.29 is 0 Å². The van der Waals surface area contributed by atoms with Crippen molar-refractivity contribution in [3.63, 3.8) is 0 Å². The molecular formula is C9H13NS2. The van der Waals surface area contributed by atoms with Crippen LogP contribution in [0, 0.1) is 0 Å². The maximum Gasteiger partial charge on any atom is 0.0713 e. The molecule has 0 aliphatic rings. The third-order valence-electron chi connectivity index (χ3n) is 1.66. The second-order valence-electron chi connectivity index (χ2n) is 2.85. The molecule has 0 saturated heterocycles. The lowest BCUT2D eigenvalue weighted by Gasteiger charge is -2.19. The Kier molecular flexibility index (Phi) is 3.50. The third kappa shape index (κ3) is 3.09. The first kappa shape index (κ1) is 9.96. The number of hydrogen-bond acceptors (Lipinski definition) is 3. The van der Waals surface area contributed by atoms with Gasteiger partial charge in [0.05, 0.1) is 4.08 Å². The van der Waals surface area contributed by atoms with Gasteiger partial charge in [-0.1, -0.05) is 30.3 Å². The Hall–Kier alpha value is -0.120. The zero-order valence-corrected chi connectivity index (χ0v) is 8.56. The van der Waals surface area contributed by atoms with Crippen LogP contribution in [0.15, 0.2) is 30.3 Å². The van der Waals surface area contributed by atoms with Crippen LogP contribution in [0.3, 0.4) is 0 Å². The lowest BCUT2D eigenvalue weighted by atomic mass is 10.1. The van der Waals surface area contributed by atoms with Crippen LogP contribution in [0.5, 0.6) is 0 Å². The number of nitrogens with two attached hydrogens (primary N) is 1. The SMILES string of the molecule is NCC(S)(S)Cc1ccccc1. The predicted octanol–water partition coefficient (Wildman–Crippen LogP) is 1.74. The number of thiol groups is 2. The van der Waals surface area contributed by atoms with E-state index in [0.29, 0.717) is 6.54 Å². The van der Waals surface area contributed by atoms with Crippen molar-refractivity contribution in [2.45, 2.75) is 10.5 Å². The molecule has 0 heterocycles. The molecule has 0 aromatic heterocycles. The lowest BCUT2D eigenvalue weighted by molar-refractivity contribution is 0.810. The van der Waals surface area contributed by atoms with Crippen LogP contribution in [0.2, 0.25) is 0 Å². The highest BCUT2D eigenvalue weighted by atomic mass is 32.2. The highest BCUT2D eigenvalue weighted by Crippen LogP contribution is 2.23. The van der Waals surface area contributed by atoms with Gasteiger partial charge in [0.1, 0.15) is 0 Å². The second-order valence-corrected chi connectivity index (χ2v) is 4.91. The summed E-state index contributed by atoms with van der Waals surface area (Å²) in [7, 11) is 0. The van der Waals surface area contributed by atoms with E-state index in [1.807, 2.05) is 18.2 Å². The van der Waals surface area contributed by atoms with E-state index in [1.54, 1.807) is 0 Å². The fourth-order valence-corrected chi connectivity index (χ4v) is 1.36. The molecule has 0 atom stereocenters. The van der Waals surface area contributed by atoms with Crippen LogP contribution in [-0.4, -0.2) is 10.6 Å². The fourth-order valence-electron chi connectivity index (χ4n) is 0.995. The monoisotopic (exact) mass is 199 g/mol. The maximum atomic E-state index is 5.50. The number of rotatable bonds is 3. The Labute approximate surface area is 84.2 Å². The molecule has 0 aliphatic heterocycles. The van der Waals surface area contributed by atoms with Crippen LogP contribution >= 0.6 is 25.3 Å². The third-order valence-corrected chi connectivity index (χ3v) is 2.34. The van der Waals surface area contributed by atoms with Crippen LogP contribution in [0.4, 0.5) is 0 Å². The summed E-state index contributed by atoms with van der Waals surface area (Å²) in [4.78, 5) is 0. The summed E-state index contributed by atoms with van der Waals surface area (Å²) < 4.78 is -0.388. The molecule has 0 saturated carbocycles. The van der Waals surface area contributed by atoms with Crippen molar-refractivity contribution in [1.82, 2.24) is 0 Å². The zero-order chi connectivity index (χ0) is 9.03. The molecule has 1 nitrogen and oxygen atoms in total. The predicted molar refractivity (Wildman–Crippen MR) is 59.9 cm³/mol. The molecule has 0 aliphatic carbocycles. The molecule has 2 N–H and O–H groups in total. The molecule has 0 bridgehead atoms. The van der Waals surface area contributed by atoms with Gasteiger partial charge in [-0.25, -0.2) is 0 Å². The van der Waals surface area contributed by atoms with E-state index in [-0.39, 0.29) is 4.08 Å². The molecule has 66 valence electrons. The minimum absolute atomic E-state index is 0.388. The fraction of sp³-hybridized carbons (Fsp3) is 0.333. The van der Waals surface area contributed by atoms with Gasteiger partial charge in [-0.15, -0.1) is 0 Å². The molecular weight excluding hydrogens is 186 g/mol. The van der Waals surface area contributed by atoms with Crippen molar-refractivity contribution in [1.29, 1.82) is 0 Å². The van der Waals surface area contributed by atoms with E-state index >= 15 is 0 Å². The average molecular weight is 199 g/mol. The van der Waals surface area contributed by atoms with Gasteiger partial charge >= 0.3 is 0 Å². The maximum absolute atomic E-state index is 5.50. The van der Waals surface area contributed by atoms with Crippen molar-refractivity contribution in [3.8, 4) is 0 Å². The average Bonchev–Trinajstić information content (AvgIpc) is 2.06. The summed E-state index contributed by atoms with van der Waals surface area (Å²) >= 11 is 8.67. The molecule has 12 heavy (non-hydrogen) atoms. The topological polar surface area (TPSA) is 26.0 Å². The quantitative estimate of drug-likeness (QED) is 0.502. The van der Waals surface area contributed by atoms with Gasteiger partial charge in [-0.05, 0) is 12.0 Å². The summed E-state index contributed by atoms with van der Waals surface area (Å²) in [5, 5.41) is 0. The zero-order valence-electron chi connectivity index (χ0n) is 6.77. The first-order valence-corrected chi connectivity index (χ1v) is 4.72. The highest BCUT2D eigenvalue weighted by molar-refractivity contribution is 8.00. The van der Waals surface area contributed by atoms with Crippen LogP contribution in [-0.2, 0) is 6.42 Å². The van der Waals surface area contributed by atoms with E-state index in [2.05, 4.69) is 37.4 Å². The first-order valence-electron chi connectivity index (χ1n) is 3.83. The van der Waals surface area contributed by atoms with Gasteiger partial charge < -0.3 is 5.73 Å². The minimum Gasteiger partial charge on any atom is -0.328 e. The van der Waals surface area contributed by atoms with Crippen LogP contribution < -0.4 is 5.73 Å². The van der Waals surface area contributed by atoms with Gasteiger partial charge in [0.15, 0.2) is 0 Å². The van der Waals surface area contributed by atoms with E-state index in [1.165, 1.54) is 5.56 Å². The lowest BCUT2D eigenvalue weighted by Crippen LogP contribution is -2.27. The van der Waals surface area contributed by atoms with E-state index in [9.17, 15) is 0 Å².